The molecular weight excluding hydrogens is 416 g/mol. The maximum absolute atomic E-state index is 5.88. The summed E-state index contributed by atoms with van der Waals surface area (Å²) in [6.45, 7) is 5.24. The van der Waals surface area contributed by atoms with Crippen LogP contribution >= 0.6 is 0 Å². The number of hydrogen-bond donors (Lipinski definition) is 2. The fourth-order valence-corrected chi connectivity index (χ4v) is 3.78. The van der Waals surface area contributed by atoms with Gasteiger partial charge in [0.05, 0.1) is 13.1 Å². The van der Waals surface area contributed by atoms with Crippen LogP contribution in [0.2, 0.25) is 0 Å². The molecule has 2 N–H and O–H groups in total. The number of aromatic nitrogens is 3. The minimum Gasteiger partial charge on any atom is -0.489 e. The van der Waals surface area contributed by atoms with Crippen LogP contribution in [0.5, 0.6) is 5.75 Å². The Kier molecular flexibility index (Phi) is 7.92. The summed E-state index contributed by atoms with van der Waals surface area (Å²) in [7, 11) is 1.66. The SMILES string of the molecule is CCNC(=NCc1ccc(OCc2ccccc2)cc1)NC1CCc2nc(COC)nn2C1. The fraction of sp³-hybridized carbons (Fsp3) is 0.400. The third-order valence-corrected chi connectivity index (χ3v) is 5.45. The van der Waals surface area contributed by atoms with E-state index in [4.69, 9.17) is 14.5 Å². The predicted octanol–water partition coefficient (Wildman–Crippen LogP) is 3.07. The van der Waals surface area contributed by atoms with Crippen LogP contribution < -0.4 is 15.4 Å². The number of fused-ring (bicyclic) bond motifs is 1. The van der Waals surface area contributed by atoms with Crippen LogP contribution in [0.15, 0.2) is 59.6 Å². The smallest absolute Gasteiger partial charge is 0.191 e. The van der Waals surface area contributed by atoms with E-state index in [1.807, 2.05) is 35.0 Å². The lowest BCUT2D eigenvalue weighted by Gasteiger charge is -2.25. The van der Waals surface area contributed by atoms with Crippen molar-refractivity contribution in [2.24, 2.45) is 4.99 Å². The van der Waals surface area contributed by atoms with Crippen molar-refractivity contribution in [2.75, 3.05) is 13.7 Å². The number of aryl methyl sites for hydroxylation is 1. The summed E-state index contributed by atoms with van der Waals surface area (Å²) in [5.41, 5.74) is 2.29. The molecule has 1 aromatic heterocycles. The summed E-state index contributed by atoms with van der Waals surface area (Å²) in [6, 6.07) is 18.5. The molecule has 1 aliphatic heterocycles. The number of guanidine groups is 1. The van der Waals surface area contributed by atoms with Gasteiger partial charge in [-0.25, -0.2) is 14.7 Å². The van der Waals surface area contributed by atoms with Gasteiger partial charge >= 0.3 is 0 Å². The highest BCUT2D eigenvalue weighted by molar-refractivity contribution is 5.80. The quantitative estimate of drug-likeness (QED) is 0.387. The first-order chi connectivity index (χ1) is 16.2. The van der Waals surface area contributed by atoms with Gasteiger partial charge in [0, 0.05) is 26.1 Å². The lowest BCUT2D eigenvalue weighted by Crippen LogP contribution is -2.47. The molecule has 174 valence electrons. The number of rotatable bonds is 9. The van der Waals surface area contributed by atoms with E-state index < -0.39 is 0 Å². The monoisotopic (exact) mass is 448 g/mol. The van der Waals surface area contributed by atoms with Gasteiger partial charge in [0.2, 0.25) is 0 Å². The van der Waals surface area contributed by atoms with Crippen molar-refractivity contribution in [1.82, 2.24) is 25.4 Å². The number of nitrogens with one attached hydrogen (secondary N) is 2. The van der Waals surface area contributed by atoms with E-state index in [0.29, 0.717) is 19.8 Å². The van der Waals surface area contributed by atoms with Crippen LogP contribution in [-0.2, 0) is 37.5 Å². The van der Waals surface area contributed by atoms with Crippen molar-refractivity contribution in [3.05, 3.63) is 77.4 Å². The topological polar surface area (TPSA) is 85.6 Å². The third kappa shape index (κ3) is 6.55. The highest BCUT2D eigenvalue weighted by Crippen LogP contribution is 2.16. The molecular formula is C25H32N6O2. The van der Waals surface area contributed by atoms with E-state index >= 15 is 0 Å². The van der Waals surface area contributed by atoms with Crippen LogP contribution in [0.25, 0.3) is 0 Å². The van der Waals surface area contributed by atoms with Crippen molar-refractivity contribution in [3.63, 3.8) is 0 Å². The molecule has 1 atom stereocenters. The van der Waals surface area contributed by atoms with E-state index in [-0.39, 0.29) is 6.04 Å². The Morgan fingerprint density at radius 1 is 1.09 bits per heavy atom. The van der Waals surface area contributed by atoms with Gasteiger partial charge < -0.3 is 20.1 Å². The van der Waals surface area contributed by atoms with Crippen LogP contribution in [0, 0.1) is 0 Å². The van der Waals surface area contributed by atoms with Crippen molar-refractivity contribution in [2.45, 2.75) is 52.1 Å². The van der Waals surface area contributed by atoms with E-state index in [1.54, 1.807) is 7.11 Å². The molecule has 3 aromatic rings. The Morgan fingerprint density at radius 3 is 2.67 bits per heavy atom. The number of ether oxygens (including phenoxy) is 2. The zero-order valence-electron chi connectivity index (χ0n) is 19.3. The Hall–Kier alpha value is -3.39. The summed E-state index contributed by atoms with van der Waals surface area (Å²) in [5, 5.41) is 11.5. The molecule has 2 aromatic carbocycles. The van der Waals surface area contributed by atoms with Gasteiger partial charge in [0.15, 0.2) is 11.8 Å². The average molecular weight is 449 g/mol. The fourth-order valence-electron chi connectivity index (χ4n) is 3.78. The zero-order chi connectivity index (χ0) is 22.9. The molecule has 0 spiro atoms. The molecule has 8 heteroatoms. The third-order valence-electron chi connectivity index (χ3n) is 5.45. The molecule has 0 amide bonds. The van der Waals surface area contributed by atoms with E-state index in [9.17, 15) is 0 Å². The van der Waals surface area contributed by atoms with Gasteiger partial charge in [-0.15, -0.1) is 0 Å². The van der Waals surface area contributed by atoms with Crippen LogP contribution in [0.1, 0.15) is 36.1 Å². The van der Waals surface area contributed by atoms with Gasteiger partial charge in [0.1, 0.15) is 24.8 Å². The number of hydrogen-bond acceptors (Lipinski definition) is 5. The molecule has 1 aliphatic rings. The number of aliphatic imine (C=N–C) groups is 1. The highest BCUT2D eigenvalue weighted by atomic mass is 16.5. The molecule has 0 radical (unpaired) electrons. The Morgan fingerprint density at radius 2 is 1.91 bits per heavy atom. The lowest BCUT2D eigenvalue weighted by molar-refractivity contribution is 0.177. The zero-order valence-corrected chi connectivity index (χ0v) is 19.3. The Labute approximate surface area is 195 Å². The van der Waals surface area contributed by atoms with Crippen molar-refractivity contribution >= 4 is 5.96 Å². The lowest BCUT2D eigenvalue weighted by atomic mass is 10.1. The maximum Gasteiger partial charge on any atom is 0.191 e. The molecule has 0 saturated heterocycles. The normalized spacial score (nSPS) is 15.7. The molecule has 1 unspecified atom stereocenters. The Balaban J connectivity index is 1.31. The number of methoxy groups -OCH3 is 1. The first-order valence-electron chi connectivity index (χ1n) is 11.5. The van der Waals surface area contributed by atoms with Gasteiger partial charge in [-0.1, -0.05) is 42.5 Å². The predicted molar refractivity (Wildman–Crippen MR) is 128 cm³/mol. The first-order valence-corrected chi connectivity index (χ1v) is 11.5. The van der Waals surface area contributed by atoms with Gasteiger partial charge in [-0.3, -0.25) is 0 Å². The summed E-state index contributed by atoms with van der Waals surface area (Å²) in [5.74, 6) is 3.43. The Bertz CT molecular complexity index is 1030. The van der Waals surface area contributed by atoms with E-state index in [0.717, 1.165) is 60.4 Å². The molecule has 0 aliphatic carbocycles. The van der Waals surface area contributed by atoms with Gasteiger partial charge in [-0.2, -0.15) is 5.10 Å². The van der Waals surface area contributed by atoms with Gasteiger partial charge in [-0.05, 0) is 36.6 Å². The molecule has 4 rings (SSSR count). The number of benzene rings is 2. The van der Waals surface area contributed by atoms with Crippen molar-refractivity contribution < 1.29 is 9.47 Å². The average Bonchev–Trinajstić information content (AvgIpc) is 3.25. The maximum atomic E-state index is 5.88. The van der Waals surface area contributed by atoms with Gasteiger partial charge in [0.25, 0.3) is 0 Å². The summed E-state index contributed by atoms with van der Waals surface area (Å²) in [6.07, 6.45) is 1.88. The van der Waals surface area contributed by atoms with Crippen LogP contribution in [0.3, 0.4) is 0 Å². The van der Waals surface area contributed by atoms with Crippen LogP contribution in [-0.4, -0.2) is 40.4 Å². The molecule has 0 fully saturated rings. The molecule has 0 bridgehead atoms. The minimum atomic E-state index is 0.251. The highest BCUT2D eigenvalue weighted by Gasteiger charge is 2.22. The van der Waals surface area contributed by atoms with E-state index in [1.165, 1.54) is 0 Å². The van der Waals surface area contributed by atoms with Crippen molar-refractivity contribution in [1.29, 1.82) is 0 Å². The molecule has 8 nitrogen and oxygen atoms in total. The minimum absolute atomic E-state index is 0.251. The second kappa shape index (κ2) is 11.5. The standard InChI is InChI=1S/C25H32N6O2/c1-3-26-25(28-21-11-14-24-29-23(18-32-2)30-31(24)16-21)27-15-19-9-12-22(13-10-19)33-17-20-7-5-4-6-8-20/h4-10,12-13,21H,3,11,14-18H2,1-2H3,(H2,26,27,28). The molecule has 2 heterocycles. The molecule has 0 saturated carbocycles. The largest absolute Gasteiger partial charge is 0.489 e. The second-order valence-electron chi connectivity index (χ2n) is 8.05. The van der Waals surface area contributed by atoms with E-state index in [2.05, 4.69) is 51.9 Å². The summed E-state index contributed by atoms with van der Waals surface area (Å²) >= 11 is 0. The van der Waals surface area contributed by atoms with Crippen molar-refractivity contribution in [3.8, 4) is 5.75 Å². The summed E-state index contributed by atoms with van der Waals surface area (Å²) < 4.78 is 13.0. The number of nitrogens with zero attached hydrogens (tertiary/aromatic N) is 4. The first kappa shape index (κ1) is 22.8. The second-order valence-corrected chi connectivity index (χ2v) is 8.05. The molecule has 33 heavy (non-hydrogen) atoms. The summed E-state index contributed by atoms with van der Waals surface area (Å²) in [4.78, 5) is 9.33. The van der Waals surface area contributed by atoms with Crippen LogP contribution in [0.4, 0.5) is 0 Å².